The van der Waals surface area contributed by atoms with Gasteiger partial charge in [-0.1, -0.05) is 81.4 Å². The maximum Gasteiger partial charge on any atom is 0.419 e. The number of hydrogen-bond acceptors (Lipinski definition) is 9. The van der Waals surface area contributed by atoms with Gasteiger partial charge in [-0.2, -0.15) is 0 Å². The average molecular weight is 765 g/mol. The highest BCUT2D eigenvalue weighted by atomic mass is 16.6. The van der Waals surface area contributed by atoms with Crippen molar-refractivity contribution in [3.63, 3.8) is 0 Å². The van der Waals surface area contributed by atoms with Gasteiger partial charge in [-0.05, 0) is 85.0 Å². The van der Waals surface area contributed by atoms with Gasteiger partial charge < -0.3 is 20.1 Å². The zero-order chi connectivity index (χ0) is 41.1. The lowest BCUT2D eigenvalue weighted by molar-refractivity contribution is -0.383. The molecule has 0 aliphatic rings. The van der Waals surface area contributed by atoms with E-state index in [1.54, 1.807) is 63.2 Å². The van der Waals surface area contributed by atoms with E-state index in [-0.39, 0.29) is 48.5 Å². The number of ether oxygens (including phenoxy) is 1. The minimum Gasteiger partial charge on any atom is -0.464 e. The van der Waals surface area contributed by atoms with E-state index in [4.69, 9.17) is 4.74 Å². The van der Waals surface area contributed by atoms with Crippen LogP contribution < -0.4 is 0 Å². The Morgan fingerprint density at radius 3 is 1.66 bits per heavy atom. The van der Waals surface area contributed by atoms with Crippen LogP contribution in [0.1, 0.15) is 58.2 Å². The Balaban J connectivity index is 0.000000214. The number of non-ortho nitro benzene ring substituents is 2. The molecule has 0 aliphatic carbocycles. The van der Waals surface area contributed by atoms with E-state index in [9.17, 15) is 45.1 Å². The number of aliphatic hydroxyl groups is 2. The Kier molecular flexibility index (Phi) is 11.8. The molecule has 0 bridgehead atoms. The van der Waals surface area contributed by atoms with Crippen LogP contribution in [-0.2, 0) is 23.0 Å². The molecule has 6 aromatic rings. The van der Waals surface area contributed by atoms with Crippen LogP contribution >= 0.6 is 0 Å². The first kappa shape index (κ1) is 40.8. The fourth-order valence-corrected chi connectivity index (χ4v) is 6.81. The second-order valence-electron chi connectivity index (χ2n) is 15.2. The summed E-state index contributed by atoms with van der Waals surface area (Å²) < 4.78 is 7.81. The lowest BCUT2D eigenvalue weighted by Gasteiger charge is -2.21. The first-order valence-electron chi connectivity index (χ1n) is 17.9. The first-order chi connectivity index (χ1) is 26.4. The summed E-state index contributed by atoms with van der Waals surface area (Å²) in [5.74, 6) is 0. The first-order valence-corrected chi connectivity index (χ1v) is 17.9. The zero-order valence-electron chi connectivity index (χ0n) is 32.0. The third kappa shape index (κ3) is 8.46. The molecule has 0 amide bonds. The molecule has 0 fully saturated rings. The summed E-state index contributed by atoms with van der Waals surface area (Å²) >= 11 is 0. The van der Waals surface area contributed by atoms with E-state index in [0.717, 1.165) is 15.7 Å². The summed E-state index contributed by atoms with van der Waals surface area (Å²) in [5.41, 5.74) is 2.81. The number of aliphatic hydroxyl groups excluding tert-OH is 2. The fraction of sp³-hybridized carbons (Fsp3) is 0.286. The zero-order valence-corrected chi connectivity index (χ0v) is 32.0. The summed E-state index contributed by atoms with van der Waals surface area (Å²) in [6.07, 6.45) is -1.43. The van der Waals surface area contributed by atoms with Crippen molar-refractivity contribution < 1.29 is 39.5 Å². The Morgan fingerprint density at radius 1 is 0.696 bits per heavy atom. The molecule has 2 aromatic heterocycles. The smallest absolute Gasteiger partial charge is 0.419 e. The molecule has 14 heteroatoms. The SMILES string of the molecule is CC(C)(C)OC(=O)n1c(-c2ccccc2)cc2cc(CCO)cc([N+](=O)[O-])c21.CC(C)(C)c1c(-c2ccccc2)n(C(=O)O)c2c([N+](=O)[O-])cc(CCO)cc12. The van der Waals surface area contributed by atoms with Crippen LogP contribution in [-0.4, -0.2) is 65.3 Å². The van der Waals surface area contributed by atoms with E-state index in [0.29, 0.717) is 38.9 Å². The van der Waals surface area contributed by atoms with E-state index in [1.807, 2.05) is 57.2 Å². The Bertz CT molecular complexity index is 2440. The quantitative estimate of drug-likeness (QED) is 0.0991. The number of benzene rings is 4. The van der Waals surface area contributed by atoms with Gasteiger partial charge >= 0.3 is 12.2 Å². The highest BCUT2D eigenvalue weighted by Crippen LogP contribution is 2.44. The van der Waals surface area contributed by atoms with Crippen LogP contribution in [0.5, 0.6) is 0 Å². The molecule has 0 aliphatic heterocycles. The van der Waals surface area contributed by atoms with Crippen LogP contribution in [0.25, 0.3) is 44.3 Å². The number of nitrogens with zero attached hydrogens (tertiary/aromatic N) is 4. The van der Waals surface area contributed by atoms with E-state index in [2.05, 4.69) is 0 Å². The summed E-state index contributed by atoms with van der Waals surface area (Å²) in [6.45, 7) is 10.8. The second kappa shape index (κ2) is 16.2. The molecule has 56 heavy (non-hydrogen) atoms. The fourth-order valence-electron chi connectivity index (χ4n) is 6.81. The molecule has 0 saturated carbocycles. The molecule has 292 valence electrons. The summed E-state index contributed by atoms with van der Waals surface area (Å²) in [7, 11) is 0. The van der Waals surface area contributed by atoms with E-state index >= 15 is 0 Å². The van der Waals surface area contributed by atoms with Gasteiger partial charge in [0.25, 0.3) is 11.4 Å². The number of fused-ring (bicyclic) bond motifs is 2. The Hall–Kier alpha value is -6.38. The number of aromatic nitrogens is 2. The van der Waals surface area contributed by atoms with Crippen LogP contribution in [0.4, 0.5) is 21.0 Å². The van der Waals surface area contributed by atoms with Gasteiger partial charge in [0, 0.05) is 36.1 Å². The second-order valence-corrected chi connectivity index (χ2v) is 15.2. The number of rotatable bonds is 8. The predicted octanol–water partition coefficient (Wildman–Crippen LogP) is 9.11. The van der Waals surface area contributed by atoms with Crippen molar-refractivity contribution in [3.8, 4) is 22.5 Å². The molecule has 14 nitrogen and oxygen atoms in total. The largest absolute Gasteiger partial charge is 0.464 e. The van der Waals surface area contributed by atoms with Crippen LogP contribution in [0.2, 0.25) is 0 Å². The van der Waals surface area contributed by atoms with Crippen LogP contribution in [0, 0.1) is 20.2 Å². The van der Waals surface area contributed by atoms with E-state index < -0.39 is 33.0 Å². The number of carbonyl (C=O) groups is 2. The number of nitro benzene ring substituents is 2. The van der Waals surface area contributed by atoms with Gasteiger partial charge in [0.1, 0.15) is 16.6 Å². The number of hydrogen-bond donors (Lipinski definition) is 3. The molecule has 0 saturated heterocycles. The topological polar surface area (TPSA) is 200 Å². The van der Waals surface area contributed by atoms with Crippen molar-refractivity contribution in [2.45, 2.75) is 65.4 Å². The standard InChI is InChI=1S/2C21H22N2O5/c1-21(2,3)28-20(25)22-17(15-7-5-4-6-8-15)13-16-11-14(9-10-24)12-18(19(16)22)23(26)27;1-21(2,3)17-15-11-13(9-10-24)12-16(23(27)28)19(15)22(20(25)26)18(17)14-7-5-4-6-8-14/h4-8,11-13,24H,9-10H2,1-3H3;4-8,11-12,24H,9-10H2,1-3H3,(H,25,26). The molecular weight excluding hydrogens is 720 g/mol. The van der Waals surface area contributed by atoms with Crippen molar-refractivity contribution in [2.24, 2.45) is 0 Å². The van der Waals surface area contributed by atoms with Crippen molar-refractivity contribution >= 4 is 45.4 Å². The molecule has 4 aromatic carbocycles. The molecule has 6 rings (SSSR count). The van der Waals surface area contributed by atoms with Crippen molar-refractivity contribution in [2.75, 3.05) is 13.2 Å². The molecular formula is C42H44N4O10. The van der Waals surface area contributed by atoms with Crippen molar-refractivity contribution in [1.29, 1.82) is 0 Å². The third-order valence-electron chi connectivity index (χ3n) is 8.87. The van der Waals surface area contributed by atoms with Crippen LogP contribution in [0.3, 0.4) is 0 Å². The van der Waals surface area contributed by atoms with Gasteiger partial charge in [0.15, 0.2) is 0 Å². The lowest BCUT2D eigenvalue weighted by atomic mass is 9.83. The lowest BCUT2D eigenvalue weighted by Crippen LogP contribution is -2.27. The van der Waals surface area contributed by atoms with Gasteiger partial charge in [0.2, 0.25) is 0 Å². The van der Waals surface area contributed by atoms with E-state index in [1.165, 1.54) is 16.7 Å². The average Bonchev–Trinajstić information content (AvgIpc) is 3.69. The van der Waals surface area contributed by atoms with Gasteiger partial charge in [0.05, 0.1) is 21.2 Å². The molecule has 0 atom stereocenters. The molecule has 0 unspecified atom stereocenters. The van der Waals surface area contributed by atoms with Crippen LogP contribution in [0.15, 0.2) is 91.0 Å². The maximum atomic E-state index is 13.0. The van der Waals surface area contributed by atoms with Crippen molar-refractivity contribution in [3.05, 3.63) is 128 Å². The van der Waals surface area contributed by atoms with Crippen molar-refractivity contribution in [1.82, 2.24) is 9.13 Å². The predicted molar refractivity (Wildman–Crippen MR) is 213 cm³/mol. The summed E-state index contributed by atoms with van der Waals surface area (Å²) in [4.78, 5) is 47.7. The summed E-state index contributed by atoms with van der Waals surface area (Å²) in [6, 6.07) is 26.2. The maximum absolute atomic E-state index is 13.0. The monoisotopic (exact) mass is 764 g/mol. The minimum absolute atomic E-state index is 0.0583. The number of nitro groups is 2. The molecule has 3 N–H and O–H groups in total. The van der Waals surface area contributed by atoms with Gasteiger partial charge in [-0.15, -0.1) is 0 Å². The number of carbonyl (C=O) groups excluding carboxylic acids is 1. The third-order valence-corrected chi connectivity index (χ3v) is 8.87. The molecule has 2 heterocycles. The van der Waals surface area contributed by atoms with Gasteiger partial charge in [-0.3, -0.25) is 20.2 Å². The number of carboxylic acid groups (broad SMARTS) is 1. The Morgan fingerprint density at radius 2 is 1.20 bits per heavy atom. The Labute approximate surface area is 322 Å². The molecule has 0 radical (unpaired) electrons. The highest BCUT2D eigenvalue weighted by molar-refractivity contribution is 6.04. The minimum atomic E-state index is -1.28. The highest BCUT2D eigenvalue weighted by Gasteiger charge is 2.34. The van der Waals surface area contributed by atoms with Gasteiger partial charge in [-0.25, -0.2) is 18.7 Å². The molecule has 0 spiro atoms. The normalized spacial score (nSPS) is 11.6. The summed E-state index contributed by atoms with van der Waals surface area (Å²) in [5, 5.41) is 53.1.